The lowest BCUT2D eigenvalue weighted by atomic mass is 9.74. The van der Waals surface area contributed by atoms with Crippen LogP contribution in [0.2, 0.25) is 0 Å². The number of ether oxygens (including phenoxy) is 2. The third-order valence-corrected chi connectivity index (χ3v) is 15.0. The first kappa shape index (κ1) is 56.7. The molecule has 2 saturated heterocycles. The van der Waals surface area contributed by atoms with E-state index >= 15 is 0 Å². The van der Waals surface area contributed by atoms with Crippen LogP contribution in [0.4, 0.5) is 0 Å². The van der Waals surface area contributed by atoms with Gasteiger partial charge in [0.2, 0.25) is 0 Å². The van der Waals surface area contributed by atoms with Crippen LogP contribution in [0.3, 0.4) is 0 Å². The summed E-state index contributed by atoms with van der Waals surface area (Å²) in [7, 11) is -2.35. The second-order valence-corrected chi connectivity index (χ2v) is 31.1. The van der Waals surface area contributed by atoms with Gasteiger partial charge in [0.05, 0.1) is 19.8 Å². The van der Waals surface area contributed by atoms with Gasteiger partial charge >= 0.3 is 14.6 Å². The summed E-state index contributed by atoms with van der Waals surface area (Å²) >= 11 is 0. The Morgan fingerprint density at radius 1 is 0.382 bits per heavy atom. The van der Waals surface area contributed by atoms with E-state index in [0.717, 1.165) is 50.6 Å². The molecule has 9 heteroatoms. The molecule has 5 rings (SSSR count). The molecule has 0 amide bonds. The second kappa shape index (κ2) is 18.4. The van der Waals surface area contributed by atoms with Crippen LogP contribution in [0.1, 0.15) is 237 Å². The minimum absolute atomic E-state index is 0.0946. The van der Waals surface area contributed by atoms with Crippen molar-refractivity contribution < 1.29 is 32.1 Å². The largest absolute Gasteiger partial charge is 0.428 e. The summed E-state index contributed by atoms with van der Waals surface area (Å²) in [5.74, 6) is 0.322. The monoisotopic (exact) mass is 977 g/mol. The lowest BCUT2D eigenvalue weighted by molar-refractivity contribution is -0.357. The van der Waals surface area contributed by atoms with Gasteiger partial charge in [-0.2, -0.15) is 0 Å². The van der Waals surface area contributed by atoms with Crippen LogP contribution < -0.4 is 14.0 Å². The highest BCUT2D eigenvalue weighted by molar-refractivity contribution is 7.42. The Labute approximate surface area is 418 Å². The molecule has 2 aliphatic heterocycles. The molecule has 3 aromatic rings. The van der Waals surface area contributed by atoms with Crippen LogP contribution in [-0.2, 0) is 66.8 Å². The summed E-state index contributed by atoms with van der Waals surface area (Å²) in [5, 5.41) is 0. The molecule has 0 saturated carbocycles. The van der Waals surface area contributed by atoms with Crippen molar-refractivity contribution >= 4 is 17.6 Å². The maximum atomic E-state index is 8.04. The van der Waals surface area contributed by atoms with E-state index < -0.39 is 20.0 Å². The average Bonchev–Trinajstić information content (AvgIpc) is 3.13. The highest BCUT2D eigenvalue weighted by Gasteiger charge is 2.67. The van der Waals surface area contributed by atoms with Crippen molar-refractivity contribution in [2.75, 3.05) is 19.8 Å². The molecule has 0 aromatic heterocycles. The van der Waals surface area contributed by atoms with Gasteiger partial charge in [-0.25, -0.2) is 4.52 Å². The van der Waals surface area contributed by atoms with Crippen molar-refractivity contribution in [1.29, 1.82) is 0 Å². The molecular formula is C59H94O7P2. The average molecular weight is 977 g/mol. The van der Waals surface area contributed by atoms with Gasteiger partial charge in [0, 0.05) is 33.4 Å². The van der Waals surface area contributed by atoms with Crippen molar-refractivity contribution in [3.05, 3.63) is 86.5 Å². The zero-order valence-corrected chi connectivity index (χ0v) is 49.8. The molecule has 2 heterocycles. The quantitative estimate of drug-likeness (QED) is 0.180. The van der Waals surface area contributed by atoms with Crippen LogP contribution in [-0.4, -0.2) is 25.8 Å². The van der Waals surface area contributed by atoms with Crippen LogP contribution in [0.25, 0.3) is 0 Å². The molecule has 1 atom stereocenters. The first-order valence-electron chi connectivity index (χ1n) is 25.1. The van der Waals surface area contributed by atoms with Gasteiger partial charge in [-0.15, -0.1) is 0 Å². The fraction of sp³-hybridized carbons (Fsp3) is 0.695. The Balaban J connectivity index is 1.98. The zero-order valence-electron chi connectivity index (χ0n) is 47.9. The molecule has 2 aliphatic rings. The zero-order chi connectivity index (χ0) is 52.0. The Hall–Kier alpha value is -2.24. The molecule has 0 bridgehead atoms. The van der Waals surface area contributed by atoms with Crippen LogP contribution >= 0.6 is 17.6 Å². The highest BCUT2D eigenvalue weighted by Crippen LogP contribution is 2.62. The predicted octanol–water partition coefficient (Wildman–Crippen LogP) is 17.4. The summed E-state index contributed by atoms with van der Waals surface area (Å²) in [6.07, 6.45) is 0. The van der Waals surface area contributed by atoms with Crippen LogP contribution in [0.15, 0.2) is 36.4 Å². The fourth-order valence-electron chi connectivity index (χ4n) is 8.67. The van der Waals surface area contributed by atoms with Gasteiger partial charge in [0.1, 0.15) is 22.7 Å². The molecule has 3 aromatic carbocycles. The first-order chi connectivity index (χ1) is 30.3. The van der Waals surface area contributed by atoms with E-state index in [-0.39, 0.29) is 77.6 Å². The molecule has 1 spiro atoms. The van der Waals surface area contributed by atoms with Crippen molar-refractivity contribution in [1.82, 2.24) is 0 Å². The minimum atomic E-state index is -2.20. The Morgan fingerprint density at radius 2 is 0.647 bits per heavy atom. The minimum Gasteiger partial charge on any atom is -0.428 e. The number of hydrogen-bond acceptors (Lipinski definition) is 7. The molecule has 1 unspecified atom stereocenters. The normalized spacial score (nSPS) is 20.8. The van der Waals surface area contributed by atoms with E-state index in [1.54, 1.807) is 0 Å². The highest BCUT2D eigenvalue weighted by atomic mass is 31.2. The predicted molar refractivity (Wildman–Crippen MR) is 289 cm³/mol. The van der Waals surface area contributed by atoms with Gasteiger partial charge in [0.15, 0.2) is 9.03 Å². The number of hydrogen-bond donors (Lipinski definition) is 0. The van der Waals surface area contributed by atoms with Crippen molar-refractivity contribution in [2.24, 2.45) is 5.41 Å². The Morgan fingerprint density at radius 3 is 0.897 bits per heavy atom. The van der Waals surface area contributed by atoms with E-state index in [1.807, 2.05) is 0 Å². The summed E-state index contributed by atoms with van der Waals surface area (Å²) in [5.41, 5.74) is 6.71. The van der Waals surface area contributed by atoms with Gasteiger partial charge in [-0.05, 0) is 65.4 Å². The van der Waals surface area contributed by atoms with E-state index in [2.05, 4.69) is 223 Å². The van der Waals surface area contributed by atoms with Gasteiger partial charge in [0.25, 0.3) is 0 Å². The van der Waals surface area contributed by atoms with E-state index in [4.69, 9.17) is 32.1 Å². The topological polar surface area (TPSA) is 64.6 Å². The molecule has 7 nitrogen and oxygen atoms in total. The lowest BCUT2D eigenvalue weighted by Crippen LogP contribution is -2.67. The molecule has 0 radical (unpaired) electrons. The number of rotatable bonds is 6. The van der Waals surface area contributed by atoms with E-state index in [9.17, 15) is 0 Å². The van der Waals surface area contributed by atoms with Gasteiger partial charge in [-0.1, -0.05) is 223 Å². The van der Waals surface area contributed by atoms with E-state index in [0.29, 0.717) is 0 Å². The second-order valence-electron chi connectivity index (χ2n) is 29.3. The maximum Gasteiger partial charge on any atom is 0.403 e. The lowest BCUT2D eigenvalue weighted by Gasteiger charge is -2.53. The standard InChI is InChI=1S/C59H94O7P2/c1-49(2,3)37-28-40(52(10,11)12)46(41(29-37)53(13,14)15)63-59(64-47-42(54(16,17)18)30-38(50(4,5)6)31-43(47)55(19,20)21)58(34-60-67-61-35-58)36-62-68(66-59)65-48-44(56(22,23)24)32-39(51(7,8)9)33-45(48)57(25,26)27/h28-33,67H,34-36H2,1-27H3. The third kappa shape index (κ3) is 12.2. The summed E-state index contributed by atoms with van der Waals surface area (Å²) in [6.45, 7) is 61.6. The molecular weight excluding hydrogens is 883 g/mol. The van der Waals surface area contributed by atoms with Crippen molar-refractivity contribution in [2.45, 2.75) is 242 Å². The summed E-state index contributed by atoms with van der Waals surface area (Å²) in [4.78, 5) is 0. The maximum absolute atomic E-state index is 8.04. The van der Waals surface area contributed by atoms with Gasteiger partial charge in [-0.3, -0.25) is 0 Å². The van der Waals surface area contributed by atoms with Crippen molar-refractivity contribution in [3.8, 4) is 17.2 Å². The molecule has 382 valence electrons. The van der Waals surface area contributed by atoms with Crippen LogP contribution in [0, 0.1) is 5.41 Å². The van der Waals surface area contributed by atoms with Crippen molar-refractivity contribution in [3.63, 3.8) is 0 Å². The van der Waals surface area contributed by atoms with Gasteiger partial charge < -0.3 is 27.6 Å². The summed E-state index contributed by atoms with van der Waals surface area (Å²) in [6, 6.07) is 14.0. The molecule has 0 aliphatic carbocycles. The first-order valence-corrected chi connectivity index (χ1v) is 27.0. The molecule has 68 heavy (non-hydrogen) atoms. The smallest absolute Gasteiger partial charge is 0.403 e. The number of benzene rings is 3. The molecule has 2 fully saturated rings. The van der Waals surface area contributed by atoms with E-state index in [1.165, 1.54) is 16.7 Å². The fourth-order valence-corrected chi connectivity index (χ4v) is 10.7. The third-order valence-electron chi connectivity index (χ3n) is 13.5. The Kier molecular flexibility index (Phi) is 15.3. The SMILES string of the molecule is CC(C)(C)c1cc(C(C)(C)C)c(OP2OCC3(COPOC3)C(Oc3c(C(C)(C)C)cc(C(C)(C)C)cc3C(C)(C)C)(Oc3c(C(C)(C)C)cc(C(C)(C)C)cc3C(C)(C)C)O2)c(C(C)(C)C)c1. The molecule has 0 N–H and O–H groups in total. The summed E-state index contributed by atoms with van der Waals surface area (Å²) < 4.78 is 50.9. The Bertz CT molecular complexity index is 2090. The van der Waals surface area contributed by atoms with Crippen LogP contribution in [0.5, 0.6) is 17.2 Å².